The van der Waals surface area contributed by atoms with Gasteiger partial charge in [0.05, 0.1) is 5.69 Å². The molecule has 1 aliphatic carbocycles. The fraction of sp³-hybridized carbons (Fsp3) is 0.409. The number of hydrogen-bond acceptors (Lipinski definition) is 4. The van der Waals surface area contributed by atoms with Gasteiger partial charge in [-0.2, -0.15) is 4.98 Å². The number of amides is 1. The Morgan fingerprint density at radius 2 is 1.93 bits per heavy atom. The number of nitrogens with zero attached hydrogens (tertiary/aromatic N) is 3. The zero-order chi connectivity index (χ0) is 18.9. The molecule has 1 saturated heterocycles. The van der Waals surface area contributed by atoms with Gasteiger partial charge in [0.15, 0.2) is 0 Å². The van der Waals surface area contributed by atoms with E-state index in [9.17, 15) is 4.79 Å². The molecule has 1 aliphatic heterocycles. The zero-order valence-corrected chi connectivity index (χ0v) is 15.9. The van der Waals surface area contributed by atoms with Crippen molar-refractivity contribution in [1.29, 1.82) is 0 Å². The summed E-state index contributed by atoms with van der Waals surface area (Å²) in [5, 5.41) is 4.45. The van der Waals surface area contributed by atoms with Crippen LogP contribution >= 0.6 is 0 Å². The Kier molecular flexibility index (Phi) is 4.47. The van der Waals surface area contributed by atoms with Gasteiger partial charge in [0.1, 0.15) is 5.65 Å². The molecule has 1 amide bonds. The van der Waals surface area contributed by atoms with Crippen LogP contribution in [0.4, 0.5) is 17.3 Å². The third-order valence-corrected chi connectivity index (χ3v) is 5.96. The number of rotatable bonds is 5. The van der Waals surface area contributed by atoms with Crippen molar-refractivity contribution in [3.8, 4) is 0 Å². The Hall–Kier alpha value is -2.89. The fourth-order valence-corrected chi connectivity index (χ4v) is 4.12. The van der Waals surface area contributed by atoms with E-state index in [-0.39, 0.29) is 5.91 Å². The normalized spacial score (nSPS) is 17.7. The number of nitrogens with one attached hydrogen (secondary N) is 2. The summed E-state index contributed by atoms with van der Waals surface area (Å²) in [5.41, 5.74) is 3.88. The van der Waals surface area contributed by atoms with Crippen LogP contribution in [0.5, 0.6) is 0 Å². The third-order valence-electron chi connectivity index (χ3n) is 5.96. The second-order valence-electron chi connectivity index (χ2n) is 7.91. The van der Waals surface area contributed by atoms with E-state index in [4.69, 9.17) is 4.98 Å². The molecule has 1 saturated carbocycles. The first kappa shape index (κ1) is 17.2. The monoisotopic (exact) mass is 375 g/mol. The van der Waals surface area contributed by atoms with E-state index in [2.05, 4.69) is 21.4 Å². The number of aromatic nitrogens is 3. The van der Waals surface area contributed by atoms with Crippen LogP contribution < -0.4 is 10.2 Å². The smallest absolute Gasteiger partial charge is 0.229 e. The van der Waals surface area contributed by atoms with Gasteiger partial charge in [0, 0.05) is 35.9 Å². The maximum atomic E-state index is 12.1. The average Bonchev–Trinajstić information content (AvgIpc) is 3.14. The van der Waals surface area contributed by atoms with E-state index < -0.39 is 0 Å². The number of piperidine rings is 1. The summed E-state index contributed by atoms with van der Waals surface area (Å²) in [4.78, 5) is 26.6. The first-order chi connectivity index (χ1) is 13.8. The molecule has 1 aromatic carbocycles. The lowest BCUT2D eigenvalue weighted by Gasteiger charge is -2.27. The predicted octanol–water partition coefficient (Wildman–Crippen LogP) is 4.56. The SMILES string of the molecule is O=C1CCCCN1c1ccc(Nc2nc(CC3CCC3)c3cc[nH]c3n2)cc1. The molecule has 28 heavy (non-hydrogen) atoms. The number of aromatic amines is 1. The lowest BCUT2D eigenvalue weighted by atomic mass is 9.82. The number of carbonyl (C=O) groups is 1. The lowest BCUT2D eigenvalue weighted by molar-refractivity contribution is -0.119. The number of hydrogen-bond donors (Lipinski definition) is 2. The van der Waals surface area contributed by atoms with Gasteiger partial charge in [-0.15, -0.1) is 0 Å². The zero-order valence-electron chi connectivity index (χ0n) is 15.9. The molecule has 2 N–H and O–H groups in total. The molecule has 0 radical (unpaired) electrons. The molecular weight excluding hydrogens is 350 g/mol. The summed E-state index contributed by atoms with van der Waals surface area (Å²) in [7, 11) is 0. The summed E-state index contributed by atoms with van der Waals surface area (Å²) in [6.45, 7) is 0.808. The van der Waals surface area contributed by atoms with Gasteiger partial charge in [-0.05, 0) is 55.5 Å². The quantitative estimate of drug-likeness (QED) is 0.685. The maximum absolute atomic E-state index is 12.1. The van der Waals surface area contributed by atoms with Gasteiger partial charge in [-0.1, -0.05) is 19.3 Å². The molecule has 0 spiro atoms. The van der Waals surface area contributed by atoms with Crippen molar-refractivity contribution in [2.45, 2.75) is 44.9 Å². The van der Waals surface area contributed by atoms with E-state index >= 15 is 0 Å². The van der Waals surface area contributed by atoms with E-state index in [1.807, 2.05) is 35.4 Å². The first-order valence-electron chi connectivity index (χ1n) is 10.3. The number of benzene rings is 1. The highest BCUT2D eigenvalue weighted by molar-refractivity contribution is 5.94. The topological polar surface area (TPSA) is 73.9 Å². The van der Waals surface area contributed by atoms with Crippen LogP contribution in [0.1, 0.15) is 44.2 Å². The van der Waals surface area contributed by atoms with Crippen molar-refractivity contribution in [2.24, 2.45) is 5.92 Å². The Balaban J connectivity index is 1.36. The Morgan fingerprint density at radius 1 is 1.07 bits per heavy atom. The average molecular weight is 375 g/mol. The summed E-state index contributed by atoms with van der Waals surface area (Å²) < 4.78 is 0. The van der Waals surface area contributed by atoms with Crippen LogP contribution in [0.2, 0.25) is 0 Å². The van der Waals surface area contributed by atoms with Crippen molar-refractivity contribution in [3.63, 3.8) is 0 Å². The van der Waals surface area contributed by atoms with Gasteiger partial charge in [-0.25, -0.2) is 4.98 Å². The van der Waals surface area contributed by atoms with Crippen LogP contribution in [-0.2, 0) is 11.2 Å². The first-order valence-corrected chi connectivity index (χ1v) is 10.3. The molecule has 3 heterocycles. The van der Waals surface area contributed by atoms with Crippen molar-refractivity contribution in [1.82, 2.24) is 15.0 Å². The fourth-order valence-electron chi connectivity index (χ4n) is 4.12. The van der Waals surface area contributed by atoms with E-state index in [1.54, 1.807) is 0 Å². The minimum atomic E-state index is 0.216. The summed E-state index contributed by atoms with van der Waals surface area (Å²) in [6.07, 6.45) is 9.59. The van der Waals surface area contributed by atoms with E-state index in [1.165, 1.54) is 19.3 Å². The van der Waals surface area contributed by atoms with Gasteiger partial charge in [-0.3, -0.25) is 4.79 Å². The summed E-state index contributed by atoms with van der Waals surface area (Å²) in [6, 6.07) is 10.0. The lowest BCUT2D eigenvalue weighted by Crippen LogP contribution is -2.35. The number of carbonyl (C=O) groups excluding carboxylic acids is 1. The molecule has 2 fully saturated rings. The Labute approximate surface area is 164 Å². The molecule has 0 unspecified atom stereocenters. The molecule has 144 valence electrons. The standard InChI is InChI=1S/C22H25N5O/c28-20-6-1-2-13-27(20)17-9-7-16(8-10-17)24-22-25-19(14-15-4-3-5-15)18-11-12-23-21(18)26-22/h7-12,15H,1-6,13-14H2,(H2,23,24,25,26). The Bertz CT molecular complexity index is 990. The molecular formula is C22H25N5O. The van der Waals surface area contributed by atoms with E-state index in [0.29, 0.717) is 12.4 Å². The molecule has 6 heteroatoms. The largest absolute Gasteiger partial charge is 0.346 e. The number of anilines is 3. The van der Waals surface area contributed by atoms with Crippen molar-refractivity contribution in [2.75, 3.05) is 16.8 Å². The molecule has 5 rings (SSSR count). The van der Waals surface area contributed by atoms with Gasteiger partial charge < -0.3 is 15.2 Å². The second-order valence-corrected chi connectivity index (χ2v) is 7.91. The molecule has 2 aliphatic rings. The van der Waals surface area contributed by atoms with Crippen molar-refractivity contribution in [3.05, 3.63) is 42.2 Å². The third kappa shape index (κ3) is 3.35. The maximum Gasteiger partial charge on any atom is 0.229 e. The molecule has 0 bridgehead atoms. The highest BCUT2D eigenvalue weighted by atomic mass is 16.2. The number of fused-ring (bicyclic) bond motifs is 1. The highest BCUT2D eigenvalue weighted by Crippen LogP contribution is 2.32. The van der Waals surface area contributed by atoms with Crippen molar-refractivity contribution < 1.29 is 4.79 Å². The van der Waals surface area contributed by atoms with Crippen LogP contribution in [0, 0.1) is 5.92 Å². The van der Waals surface area contributed by atoms with Crippen LogP contribution in [0.15, 0.2) is 36.5 Å². The van der Waals surface area contributed by atoms with Crippen LogP contribution in [0.25, 0.3) is 11.0 Å². The molecule has 2 aromatic heterocycles. The minimum Gasteiger partial charge on any atom is -0.346 e. The van der Waals surface area contributed by atoms with Gasteiger partial charge in [0.25, 0.3) is 0 Å². The molecule has 6 nitrogen and oxygen atoms in total. The van der Waals surface area contributed by atoms with E-state index in [0.717, 1.165) is 59.8 Å². The van der Waals surface area contributed by atoms with Crippen LogP contribution in [0.3, 0.4) is 0 Å². The summed E-state index contributed by atoms with van der Waals surface area (Å²) in [5.74, 6) is 1.58. The van der Waals surface area contributed by atoms with Crippen molar-refractivity contribution >= 4 is 34.3 Å². The predicted molar refractivity (Wildman–Crippen MR) is 111 cm³/mol. The van der Waals surface area contributed by atoms with Crippen LogP contribution in [-0.4, -0.2) is 27.4 Å². The molecule has 3 aromatic rings. The summed E-state index contributed by atoms with van der Waals surface area (Å²) >= 11 is 0. The number of H-pyrrole nitrogens is 1. The minimum absolute atomic E-state index is 0.216. The van der Waals surface area contributed by atoms with Gasteiger partial charge >= 0.3 is 0 Å². The second kappa shape index (κ2) is 7.26. The van der Waals surface area contributed by atoms with Gasteiger partial charge in [0.2, 0.25) is 11.9 Å². The highest BCUT2D eigenvalue weighted by Gasteiger charge is 2.21. The molecule has 0 atom stereocenters. The Morgan fingerprint density at radius 3 is 2.68 bits per heavy atom.